The molecular weight excluding hydrogens is 354 g/mol. The number of amides is 1. The minimum absolute atomic E-state index is 0.268. The number of benzene rings is 2. The van der Waals surface area contributed by atoms with Crippen LogP contribution in [0, 0.1) is 6.92 Å². The molecule has 0 saturated heterocycles. The summed E-state index contributed by atoms with van der Waals surface area (Å²) >= 11 is 6.08. The molecule has 1 unspecified atom stereocenters. The highest BCUT2D eigenvalue weighted by Crippen LogP contribution is 2.23. The van der Waals surface area contributed by atoms with E-state index in [1.54, 1.807) is 31.2 Å². The molecule has 0 radical (unpaired) electrons. The minimum Gasteiger partial charge on any atom is -0.481 e. The predicted octanol–water partition coefficient (Wildman–Crippen LogP) is 3.84. The van der Waals surface area contributed by atoms with Crippen molar-refractivity contribution in [3.63, 3.8) is 0 Å². The van der Waals surface area contributed by atoms with E-state index in [0.29, 0.717) is 22.9 Å². The third kappa shape index (κ3) is 4.06. The number of nitrogens with one attached hydrogen (secondary N) is 1. The van der Waals surface area contributed by atoms with Crippen molar-refractivity contribution in [3.8, 4) is 5.75 Å². The maximum atomic E-state index is 12.3. The molecule has 0 aliphatic heterocycles. The second-order valence-corrected chi connectivity index (χ2v) is 6.38. The highest BCUT2D eigenvalue weighted by Gasteiger charge is 2.15. The second-order valence-electron chi connectivity index (χ2n) is 5.98. The standard InChI is InChI=1S/C20H18ClNO4/c1-12-9-19(23)26-18-10-15(7-8-16(12)18)25-13(2)20(24)22-11-14-5-3-4-6-17(14)21/h3-10,13H,11H2,1-2H3,(H,22,24). The molecule has 1 N–H and O–H groups in total. The van der Waals surface area contributed by atoms with Gasteiger partial charge >= 0.3 is 5.63 Å². The van der Waals surface area contributed by atoms with Crippen molar-refractivity contribution < 1.29 is 13.9 Å². The number of ether oxygens (including phenoxy) is 1. The molecular formula is C20H18ClNO4. The average molecular weight is 372 g/mol. The molecule has 0 fully saturated rings. The average Bonchev–Trinajstić information content (AvgIpc) is 2.60. The van der Waals surface area contributed by atoms with Crippen molar-refractivity contribution in [1.82, 2.24) is 5.32 Å². The van der Waals surface area contributed by atoms with Gasteiger partial charge in [0.25, 0.3) is 5.91 Å². The SMILES string of the molecule is Cc1cc(=O)oc2cc(OC(C)C(=O)NCc3ccccc3Cl)ccc12. The second kappa shape index (κ2) is 7.62. The van der Waals surface area contributed by atoms with Crippen molar-refractivity contribution in [3.05, 3.63) is 75.1 Å². The molecule has 1 aromatic heterocycles. The molecule has 0 spiro atoms. The van der Waals surface area contributed by atoms with Gasteiger partial charge in [0.05, 0.1) is 0 Å². The van der Waals surface area contributed by atoms with Crippen molar-refractivity contribution in [2.45, 2.75) is 26.5 Å². The van der Waals surface area contributed by atoms with Gasteiger partial charge in [-0.3, -0.25) is 4.79 Å². The molecule has 0 aliphatic carbocycles. The maximum Gasteiger partial charge on any atom is 0.336 e. The monoisotopic (exact) mass is 371 g/mol. The number of hydrogen-bond donors (Lipinski definition) is 1. The first-order chi connectivity index (χ1) is 12.4. The van der Waals surface area contributed by atoms with Crippen LogP contribution < -0.4 is 15.7 Å². The first-order valence-corrected chi connectivity index (χ1v) is 8.54. The molecule has 0 bridgehead atoms. The van der Waals surface area contributed by atoms with Gasteiger partial charge in [0.1, 0.15) is 11.3 Å². The molecule has 26 heavy (non-hydrogen) atoms. The van der Waals surface area contributed by atoms with E-state index in [-0.39, 0.29) is 5.91 Å². The summed E-state index contributed by atoms with van der Waals surface area (Å²) in [6.07, 6.45) is -0.716. The van der Waals surface area contributed by atoms with Crippen molar-refractivity contribution in [1.29, 1.82) is 0 Å². The van der Waals surface area contributed by atoms with Crippen LogP contribution in [-0.4, -0.2) is 12.0 Å². The van der Waals surface area contributed by atoms with Gasteiger partial charge in [0.15, 0.2) is 6.10 Å². The molecule has 1 amide bonds. The third-order valence-electron chi connectivity index (χ3n) is 4.02. The van der Waals surface area contributed by atoms with Gasteiger partial charge in [-0.2, -0.15) is 0 Å². The van der Waals surface area contributed by atoms with Crippen LogP contribution in [-0.2, 0) is 11.3 Å². The van der Waals surface area contributed by atoms with Crippen LogP contribution in [0.15, 0.2) is 57.7 Å². The fraction of sp³-hybridized carbons (Fsp3) is 0.200. The summed E-state index contributed by atoms with van der Waals surface area (Å²) in [5, 5.41) is 4.22. The third-order valence-corrected chi connectivity index (χ3v) is 4.38. The van der Waals surface area contributed by atoms with E-state index >= 15 is 0 Å². The molecule has 134 valence electrons. The number of halogens is 1. The van der Waals surface area contributed by atoms with Gasteiger partial charge in [-0.25, -0.2) is 4.79 Å². The van der Waals surface area contributed by atoms with Crippen LogP contribution >= 0.6 is 11.6 Å². The lowest BCUT2D eigenvalue weighted by atomic mass is 10.1. The number of aryl methyl sites for hydroxylation is 1. The lowest BCUT2D eigenvalue weighted by Crippen LogP contribution is -2.35. The summed E-state index contributed by atoms with van der Waals surface area (Å²) in [4.78, 5) is 23.8. The molecule has 3 aromatic rings. The Hall–Kier alpha value is -2.79. The molecule has 1 atom stereocenters. The van der Waals surface area contributed by atoms with E-state index in [0.717, 1.165) is 16.5 Å². The summed E-state index contributed by atoms with van der Waals surface area (Å²) in [5.41, 5.74) is 1.67. The molecule has 0 aliphatic rings. The van der Waals surface area contributed by atoms with E-state index < -0.39 is 11.7 Å². The van der Waals surface area contributed by atoms with E-state index in [1.165, 1.54) is 6.07 Å². The Kier molecular flexibility index (Phi) is 5.28. The van der Waals surface area contributed by atoms with Gasteiger partial charge < -0.3 is 14.5 Å². The molecule has 0 saturated carbocycles. The van der Waals surface area contributed by atoms with Crippen molar-refractivity contribution in [2.75, 3.05) is 0 Å². The fourth-order valence-electron chi connectivity index (χ4n) is 2.60. The van der Waals surface area contributed by atoms with Gasteiger partial charge in [-0.15, -0.1) is 0 Å². The Morgan fingerprint density at radius 3 is 2.77 bits per heavy atom. The van der Waals surface area contributed by atoms with Crippen LogP contribution in [0.4, 0.5) is 0 Å². The van der Waals surface area contributed by atoms with Crippen molar-refractivity contribution >= 4 is 28.5 Å². The Morgan fingerprint density at radius 1 is 1.23 bits per heavy atom. The smallest absolute Gasteiger partial charge is 0.336 e. The normalized spacial score (nSPS) is 12.0. The largest absolute Gasteiger partial charge is 0.481 e. The number of rotatable bonds is 5. The number of carbonyl (C=O) groups is 1. The topological polar surface area (TPSA) is 68.5 Å². The number of hydrogen-bond acceptors (Lipinski definition) is 4. The maximum absolute atomic E-state index is 12.3. The molecule has 1 heterocycles. The first kappa shape index (κ1) is 18.0. The van der Waals surface area contributed by atoms with Crippen molar-refractivity contribution in [2.24, 2.45) is 0 Å². The highest BCUT2D eigenvalue weighted by atomic mass is 35.5. The quantitative estimate of drug-likeness (QED) is 0.692. The van der Waals surface area contributed by atoms with E-state index in [2.05, 4.69) is 5.32 Å². The molecule has 3 rings (SSSR count). The zero-order valence-electron chi connectivity index (χ0n) is 14.4. The summed E-state index contributed by atoms with van der Waals surface area (Å²) < 4.78 is 10.9. The Bertz CT molecular complexity index is 1010. The summed E-state index contributed by atoms with van der Waals surface area (Å²) in [6.45, 7) is 3.81. The highest BCUT2D eigenvalue weighted by molar-refractivity contribution is 6.31. The Labute approximate surface area is 155 Å². The zero-order valence-corrected chi connectivity index (χ0v) is 15.2. The predicted molar refractivity (Wildman–Crippen MR) is 101 cm³/mol. The van der Waals surface area contributed by atoms with E-state index in [4.69, 9.17) is 20.8 Å². The first-order valence-electron chi connectivity index (χ1n) is 8.16. The van der Waals surface area contributed by atoms with Crippen LogP contribution in [0.2, 0.25) is 5.02 Å². The molecule has 5 nitrogen and oxygen atoms in total. The summed E-state index contributed by atoms with van der Waals surface area (Å²) in [6, 6.07) is 13.9. The Balaban J connectivity index is 1.68. The number of carbonyl (C=O) groups excluding carboxylic acids is 1. The van der Waals surface area contributed by atoms with Crippen LogP contribution in [0.3, 0.4) is 0 Å². The van der Waals surface area contributed by atoms with Crippen LogP contribution in [0.25, 0.3) is 11.0 Å². The van der Waals surface area contributed by atoms with E-state index in [1.807, 2.05) is 25.1 Å². The lowest BCUT2D eigenvalue weighted by molar-refractivity contribution is -0.127. The lowest BCUT2D eigenvalue weighted by Gasteiger charge is -2.15. The van der Waals surface area contributed by atoms with Gasteiger partial charge in [-0.1, -0.05) is 29.8 Å². The molecule has 6 heteroatoms. The zero-order chi connectivity index (χ0) is 18.7. The minimum atomic E-state index is -0.716. The van der Waals surface area contributed by atoms with Gasteiger partial charge in [-0.05, 0) is 43.2 Å². The summed E-state index contributed by atoms with van der Waals surface area (Å²) in [7, 11) is 0. The fourth-order valence-corrected chi connectivity index (χ4v) is 2.81. The Morgan fingerprint density at radius 2 is 2.00 bits per heavy atom. The van der Waals surface area contributed by atoms with Gasteiger partial charge in [0, 0.05) is 29.1 Å². The van der Waals surface area contributed by atoms with Crippen LogP contribution in [0.1, 0.15) is 18.1 Å². The summed E-state index contributed by atoms with van der Waals surface area (Å²) in [5.74, 6) is 0.183. The van der Waals surface area contributed by atoms with E-state index in [9.17, 15) is 9.59 Å². The van der Waals surface area contributed by atoms with Gasteiger partial charge in [0.2, 0.25) is 0 Å². The number of fused-ring (bicyclic) bond motifs is 1. The van der Waals surface area contributed by atoms with Crippen LogP contribution in [0.5, 0.6) is 5.75 Å². The molecule has 2 aromatic carbocycles.